The average Bonchev–Trinajstić information content (AvgIpc) is 3.02. The number of hydrogen-bond donors (Lipinski definition) is 0. The van der Waals surface area contributed by atoms with E-state index in [-0.39, 0.29) is 17.4 Å². The zero-order valence-corrected chi connectivity index (χ0v) is 11.6. The summed E-state index contributed by atoms with van der Waals surface area (Å²) < 4.78 is 7.08. The molecule has 1 amide bonds. The summed E-state index contributed by atoms with van der Waals surface area (Å²) in [5, 5.41) is 0. The quantitative estimate of drug-likeness (QED) is 0.801. The maximum Gasteiger partial charge on any atom is 0.289 e. The van der Waals surface area contributed by atoms with Crippen molar-refractivity contribution in [2.75, 3.05) is 13.1 Å². The van der Waals surface area contributed by atoms with Crippen LogP contribution in [0.3, 0.4) is 0 Å². The largest absolute Gasteiger partial charge is 0.459 e. The number of aromatic nitrogens is 1. The van der Waals surface area contributed by atoms with Crippen LogP contribution in [0.2, 0.25) is 0 Å². The molecule has 2 aliphatic rings. The minimum atomic E-state index is -0.0542. The van der Waals surface area contributed by atoms with Gasteiger partial charge in [-0.05, 0) is 30.5 Å². The monoisotopic (exact) mass is 284 g/mol. The third-order valence-electron chi connectivity index (χ3n) is 4.50. The number of carbonyl (C=O) groups is 1. The van der Waals surface area contributed by atoms with Crippen molar-refractivity contribution in [1.29, 1.82) is 0 Å². The lowest BCUT2D eigenvalue weighted by Crippen LogP contribution is -2.49. The number of piperidine rings is 1. The first-order valence-electron chi connectivity index (χ1n) is 7.25. The van der Waals surface area contributed by atoms with E-state index in [4.69, 9.17) is 4.42 Å². The van der Waals surface area contributed by atoms with Crippen molar-refractivity contribution in [2.24, 2.45) is 5.92 Å². The summed E-state index contributed by atoms with van der Waals surface area (Å²) in [6.45, 7) is 2.05. The predicted molar refractivity (Wildman–Crippen MR) is 76.2 cm³/mol. The molecular weight excluding hydrogens is 268 g/mol. The summed E-state index contributed by atoms with van der Waals surface area (Å²) >= 11 is 0. The summed E-state index contributed by atoms with van der Waals surface area (Å²) in [7, 11) is 0. The minimum absolute atomic E-state index is 0.0542. The minimum Gasteiger partial charge on any atom is -0.459 e. The Hall–Kier alpha value is -2.30. The van der Waals surface area contributed by atoms with Crippen molar-refractivity contribution in [3.8, 4) is 0 Å². The van der Waals surface area contributed by atoms with Crippen molar-refractivity contribution < 1.29 is 9.21 Å². The highest BCUT2D eigenvalue weighted by atomic mass is 16.3. The fourth-order valence-corrected chi connectivity index (χ4v) is 3.62. The van der Waals surface area contributed by atoms with Gasteiger partial charge in [0.05, 0.1) is 6.26 Å². The second-order valence-corrected chi connectivity index (χ2v) is 5.89. The maximum absolute atomic E-state index is 12.4. The van der Waals surface area contributed by atoms with E-state index in [2.05, 4.69) is 0 Å². The zero-order chi connectivity index (χ0) is 14.4. The molecule has 0 spiro atoms. The van der Waals surface area contributed by atoms with Crippen LogP contribution in [0.1, 0.15) is 28.6 Å². The van der Waals surface area contributed by atoms with E-state index in [9.17, 15) is 9.59 Å². The Morgan fingerprint density at radius 1 is 1.14 bits per heavy atom. The molecule has 2 aromatic rings. The predicted octanol–water partition coefficient (Wildman–Crippen LogP) is 1.70. The van der Waals surface area contributed by atoms with Gasteiger partial charge in [-0.25, -0.2) is 0 Å². The summed E-state index contributed by atoms with van der Waals surface area (Å²) in [5.41, 5.74) is 1.11. The molecule has 2 aliphatic heterocycles. The fourth-order valence-electron chi connectivity index (χ4n) is 3.62. The summed E-state index contributed by atoms with van der Waals surface area (Å²) in [4.78, 5) is 26.3. The van der Waals surface area contributed by atoms with Crippen LogP contribution in [0, 0.1) is 5.92 Å². The number of likely N-dealkylation sites (tertiary alicyclic amines) is 1. The SMILES string of the molecule is O=C(c1ccco1)N1CC2CC(C1)c1cccc(=O)n1C2. The van der Waals surface area contributed by atoms with Gasteiger partial charge < -0.3 is 13.9 Å². The van der Waals surface area contributed by atoms with Crippen molar-refractivity contribution in [3.05, 3.63) is 58.4 Å². The molecule has 4 heterocycles. The number of pyridine rings is 1. The highest BCUT2D eigenvalue weighted by Crippen LogP contribution is 2.35. The molecule has 0 aromatic carbocycles. The van der Waals surface area contributed by atoms with Gasteiger partial charge in [0.25, 0.3) is 11.5 Å². The summed E-state index contributed by atoms with van der Waals surface area (Å²) in [6.07, 6.45) is 2.57. The second-order valence-electron chi connectivity index (χ2n) is 5.89. The van der Waals surface area contributed by atoms with Crippen LogP contribution in [0.4, 0.5) is 0 Å². The van der Waals surface area contributed by atoms with Crippen LogP contribution in [0.5, 0.6) is 0 Å². The molecule has 2 aromatic heterocycles. The van der Waals surface area contributed by atoms with Crippen LogP contribution in [-0.2, 0) is 6.54 Å². The molecular formula is C16H16N2O3. The average molecular weight is 284 g/mol. The highest BCUT2D eigenvalue weighted by Gasteiger charge is 2.36. The third-order valence-corrected chi connectivity index (χ3v) is 4.50. The molecule has 5 nitrogen and oxygen atoms in total. The van der Waals surface area contributed by atoms with E-state index in [0.29, 0.717) is 31.3 Å². The van der Waals surface area contributed by atoms with Gasteiger partial charge in [-0.1, -0.05) is 6.07 Å². The molecule has 4 rings (SSSR count). The zero-order valence-electron chi connectivity index (χ0n) is 11.6. The molecule has 1 fully saturated rings. The lowest BCUT2D eigenvalue weighted by molar-refractivity contribution is 0.0564. The van der Waals surface area contributed by atoms with Crippen molar-refractivity contribution in [2.45, 2.75) is 18.9 Å². The number of rotatable bonds is 1. The van der Waals surface area contributed by atoms with E-state index in [1.165, 1.54) is 6.26 Å². The van der Waals surface area contributed by atoms with Gasteiger partial charge >= 0.3 is 0 Å². The molecule has 108 valence electrons. The molecule has 0 N–H and O–H groups in total. The Labute approximate surface area is 121 Å². The number of fused-ring (bicyclic) bond motifs is 4. The van der Waals surface area contributed by atoms with Crippen LogP contribution in [0.25, 0.3) is 0 Å². The van der Waals surface area contributed by atoms with Gasteiger partial charge in [-0.2, -0.15) is 0 Å². The van der Waals surface area contributed by atoms with Crippen LogP contribution in [0.15, 0.2) is 45.8 Å². The number of furan rings is 1. The number of carbonyl (C=O) groups excluding carboxylic acids is 1. The van der Waals surface area contributed by atoms with E-state index in [1.807, 2.05) is 21.6 Å². The van der Waals surface area contributed by atoms with Crippen LogP contribution >= 0.6 is 0 Å². The molecule has 1 saturated heterocycles. The first-order valence-corrected chi connectivity index (χ1v) is 7.25. The normalized spacial score (nSPS) is 23.7. The third kappa shape index (κ3) is 2.00. The Morgan fingerprint density at radius 3 is 2.86 bits per heavy atom. The number of nitrogens with zero attached hydrogens (tertiary/aromatic N) is 2. The summed E-state index contributed by atoms with van der Waals surface area (Å²) in [5.74, 6) is 0.919. The Morgan fingerprint density at radius 2 is 2.05 bits per heavy atom. The summed E-state index contributed by atoms with van der Waals surface area (Å²) in [6, 6.07) is 8.85. The van der Waals surface area contributed by atoms with Gasteiger partial charge in [-0.15, -0.1) is 0 Å². The first-order chi connectivity index (χ1) is 10.2. The fraction of sp³-hybridized carbons (Fsp3) is 0.375. The van der Waals surface area contributed by atoms with Crippen LogP contribution < -0.4 is 5.56 Å². The van der Waals surface area contributed by atoms with Gasteiger partial charge in [-0.3, -0.25) is 9.59 Å². The molecule has 21 heavy (non-hydrogen) atoms. The second kappa shape index (κ2) is 4.62. The topological polar surface area (TPSA) is 55.5 Å². The lowest BCUT2D eigenvalue weighted by Gasteiger charge is -2.42. The molecule has 5 heteroatoms. The van der Waals surface area contributed by atoms with Gasteiger partial charge in [0.15, 0.2) is 5.76 Å². The standard InChI is InChI=1S/C16H16N2O3/c19-15-5-1-3-13-12-7-11(9-18(13)15)8-17(10-12)16(20)14-4-2-6-21-14/h1-6,11-12H,7-10H2. The molecule has 0 radical (unpaired) electrons. The Kier molecular flexibility index (Phi) is 2.74. The molecule has 2 unspecified atom stereocenters. The number of amides is 1. The number of hydrogen-bond acceptors (Lipinski definition) is 3. The molecule has 0 aliphatic carbocycles. The van der Waals surface area contributed by atoms with Crippen molar-refractivity contribution in [3.63, 3.8) is 0 Å². The Balaban J connectivity index is 1.65. The smallest absolute Gasteiger partial charge is 0.289 e. The molecule has 0 saturated carbocycles. The maximum atomic E-state index is 12.4. The highest BCUT2D eigenvalue weighted by molar-refractivity contribution is 5.91. The van der Waals surface area contributed by atoms with Crippen molar-refractivity contribution in [1.82, 2.24) is 9.47 Å². The van der Waals surface area contributed by atoms with E-state index in [1.54, 1.807) is 18.2 Å². The molecule has 2 atom stereocenters. The van der Waals surface area contributed by atoms with E-state index >= 15 is 0 Å². The van der Waals surface area contributed by atoms with Crippen molar-refractivity contribution >= 4 is 5.91 Å². The van der Waals surface area contributed by atoms with Gasteiger partial charge in [0.2, 0.25) is 0 Å². The van der Waals surface area contributed by atoms with Gasteiger partial charge in [0.1, 0.15) is 0 Å². The van der Waals surface area contributed by atoms with E-state index < -0.39 is 0 Å². The van der Waals surface area contributed by atoms with Gasteiger partial charge in [0, 0.05) is 37.3 Å². The lowest BCUT2D eigenvalue weighted by atomic mass is 9.83. The first kappa shape index (κ1) is 12.4. The Bertz CT molecular complexity index is 732. The van der Waals surface area contributed by atoms with E-state index in [0.717, 1.165) is 12.1 Å². The molecule has 2 bridgehead atoms. The van der Waals surface area contributed by atoms with Crippen LogP contribution in [-0.4, -0.2) is 28.5 Å².